The number of fused-ring (bicyclic) bond motifs is 2. The molecule has 6 nitrogen and oxygen atoms in total. The molecule has 1 N–H and O–H groups in total. The average molecular weight is 396 g/mol. The molecule has 2 fully saturated rings. The lowest BCUT2D eigenvalue weighted by Crippen LogP contribution is -2.44. The van der Waals surface area contributed by atoms with Gasteiger partial charge in [-0.1, -0.05) is 18.2 Å². The summed E-state index contributed by atoms with van der Waals surface area (Å²) in [6.07, 6.45) is 1.50. The van der Waals surface area contributed by atoms with E-state index >= 15 is 0 Å². The second-order valence-electron chi connectivity index (χ2n) is 9.73. The van der Waals surface area contributed by atoms with Crippen LogP contribution in [0.25, 0.3) is 10.9 Å². The van der Waals surface area contributed by atoms with Gasteiger partial charge in [0.05, 0.1) is 11.1 Å². The first kappa shape index (κ1) is 19.7. The molecule has 154 valence electrons. The molecule has 1 aliphatic carbocycles. The maximum Gasteiger partial charge on any atom is 0.410 e. The molecule has 1 aromatic heterocycles. The average Bonchev–Trinajstić information content (AvgIpc) is 3.13. The summed E-state index contributed by atoms with van der Waals surface area (Å²) < 4.78 is 5.45. The maximum absolute atomic E-state index is 13.0. The van der Waals surface area contributed by atoms with E-state index in [0.29, 0.717) is 13.1 Å². The minimum atomic E-state index is -0.513. The number of nitrogens with zero attached hydrogens (tertiary/aromatic N) is 2. The number of carbonyl (C=O) groups is 2. The van der Waals surface area contributed by atoms with Crippen LogP contribution in [0, 0.1) is 17.8 Å². The Morgan fingerprint density at radius 1 is 1.07 bits per heavy atom. The molecule has 1 unspecified atom stereocenters. The van der Waals surface area contributed by atoms with Crippen molar-refractivity contribution in [1.82, 2.24) is 15.2 Å². The molecule has 0 radical (unpaired) electrons. The van der Waals surface area contributed by atoms with Crippen LogP contribution in [0.3, 0.4) is 0 Å². The Balaban J connectivity index is 1.41. The molecule has 0 spiro atoms. The number of hydrogen-bond donors (Lipinski definition) is 1. The number of ether oxygens (including phenoxy) is 1. The van der Waals surface area contributed by atoms with Crippen molar-refractivity contribution in [2.45, 2.75) is 45.8 Å². The van der Waals surface area contributed by atoms with Gasteiger partial charge in [0.25, 0.3) is 0 Å². The van der Waals surface area contributed by atoms with E-state index in [1.54, 1.807) is 11.1 Å². The number of piperidine rings is 1. The third-order valence-corrected chi connectivity index (χ3v) is 5.91. The van der Waals surface area contributed by atoms with Gasteiger partial charge in [-0.2, -0.15) is 0 Å². The Morgan fingerprint density at radius 2 is 1.72 bits per heavy atom. The highest BCUT2D eigenvalue weighted by Crippen LogP contribution is 2.52. The van der Waals surface area contributed by atoms with Crippen LogP contribution in [-0.2, 0) is 15.1 Å². The molecule has 4 rings (SSSR count). The predicted octanol–water partition coefficient (Wildman–Crippen LogP) is 3.70. The Morgan fingerprint density at radius 3 is 2.38 bits per heavy atom. The van der Waals surface area contributed by atoms with E-state index in [2.05, 4.69) is 10.3 Å². The summed E-state index contributed by atoms with van der Waals surface area (Å²) in [5.74, 6) is 0.496. The summed E-state index contributed by atoms with van der Waals surface area (Å²) in [6.45, 7) is 10.8. The SMILES string of the molecule is CC(C)(C)OC(=O)N1C[C@@H]2C(C(=O)NC(C)(C)c3ccnc4ccccc34)[C@@H]2C1. The van der Waals surface area contributed by atoms with Gasteiger partial charge in [-0.15, -0.1) is 0 Å². The standard InChI is InChI=1S/C23H29N3O3/c1-22(2,3)29-21(28)26-12-15-16(13-26)19(15)20(27)25-23(4,5)17-10-11-24-18-9-7-6-8-14(17)18/h6-11,15-16,19H,12-13H2,1-5H3,(H,25,27)/t15-,16+,19?. The van der Waals surface area contributed by atoms with E-state index < -0.39 is 11.1 Å². The van der Waals surface area contributed by atoms with Gasteiger partial charge in [0.2, 0.25) is 5.91 Å². The number of pyridine rings is 1. The highest BCUT2D eigenvalue weighted by Gasteiger charge is 2.61. The molecule has 2 aliphatic rings. The predicted molar refractivity (Wildman–Crippen MR) is 111 cm³/mol. The number of benzene rings is 1. The summed E-state index contributed by atoms with van der Waals surface area (Å²) in [5.41, 5.74) is 0.959. The number of nitrogens with one attached hydrogen (secondary N) is 1. The largest absolute Gasteiger partial charge is 0.444 e. The van der Waals surface area contributed by atoms with Crippen LogP contribution in [0.5, 0.6) is 0 Å². The number of likely N-dealkylation sites (tertiary alicyclic amines) is 1. The van der Waals surface area contributed by atoms with Crippen molar-refractivity contribution < 1.29 is 14.3 Å². The zero-order valence-corrected chi connectivity index (χ0v) is 17.7. The molecule has 3 atom stereocenters. The Labute approximate surface area is 171 Å². The third kappa shape index (κ3) is 3.80. The summed E-state index contributed by atoms with van der Waals surface area (Å²) >= 11 is 0. The first-order chi connectivity index (χ1) is 13.6. The summed E-state index contributed by atoms with van der Waals surface area (Å²) in [4.78, 5) is 31.4. The first-order valence-corrected chi connectivity index (χ1v) is 10.2. The third-order valence-electron chi connectivity index (χ3n) is 5.91. The fourth-order valence-electron chi connectivity index (χ4n) is 4.49. The van der Waals surface area contributed by atoms with Gasteiger partial charge in [0.1, 0.15) is 5.60 Å². The van der Waals surface area contributed by atoms with Gasteiger partial charge < -0.3 is 15.0 Å². The highest BCUT2D eigenvalue weighted by atomic mass is 16.6. The van der Waals surface area contributed by atoms with Crippen molar-refractivity contribution in [2.75, 3.05) is 13.1 Å². The van der Waals surface area contributed by atoms with Gasteiger partial charge in [-0.25, -0.2) is 4.79 Å². The second kappa shape index (κ2) is 6.71. The number of hydrogen-bond acceptors (Lipinski definition) is 4. The van der Waals surface area contributed by atoms with Crippen molar-refractivity contribution >= 4 is 22.9 Å². The minimum absolute atomic E-state index is 0.0268. The van der Waals surface area contributed by atoms with E-state index in [4.69, 9.17) is 4.74 Å². The highest BCUT2D eigenvalue weighted by molar-refractivity contribution is 5.87. The molecular formula is C23H29N3O3. The molecule has 1 aromatic carbocycles. The van der Waals surface area contributed by atoms with Crippen molar-refractivity contribution in [2.24, 2.45) is 17.8 Å². The van der Waals surface area contributed by atoms with Crippen molar-refractivity contribution in [3.8, 4) is 0 Å². The molecular weight excluding hydrogens is 366 g/mol. The Bertz CT molecular complexity index is 946. The molecule has 0 bridgehead atoms. The summed E-state index contributed by atoms with van der Waals surface area (Å²) in [7, 11) is 0. The van der Waals surface area contributed by atoms with E-state index in [-0.39, 0.29) is 29.8 Å². The van der Waals surface area contributed by atoms with Crippen LogP contribution in [0.15, 0.2) is 36.5 Å². The van der Waals surface area contributed by atoms with Crippen molar-refractivity contribution in [1.29, 1.82) is 0 Å². The van der Waals surface area contributed by atoms with E-state index in [0.717, 1.165) is 16.5 Å². The molecule has 1 aliphatic heterocycles. The van der Waals surface area contributed by atoms with Crippen LogP contribution < -0.4 is 5.32 Å². The smallest absolute Gasteiger partial charge is 0.410 e. The lowest BCUT2D eigenvalue weighted by atomic mass is 9.91. The molecule has 29 heavy (non-hydrogen) atoms. The van der Waals surface area contributed by atoms with Crippen LogP contribution in [0.4, 0.5) is 4.79 Å². The monoisotopic (exact) mass is 395 g/mol. The van der Waals surface area contributed by atoms with Crippen molar-refractivity contribution in [3.05, 3.63) is 42.1 Å². The Hall–Kier alpha value is -2.63. The number of amides is 2. The number of rotatable bonds is 3. The number of aromatic nitrogens is 1. The maximum atomic E-state index is 13.0. The summed E-state index contributed by atoms with van der Waals surface area (Å²) in [6, 6.07) is 9.94. The normalized spacial score (nSPS) is 23.6. The topological polar surface area (TPSA) is 71.5 Å². The van der Waals surface area contributed by atoms with E-state index in [1.807, 2.05) is 65.0 Å². The molecule has 2 heterocycles. The molecule has 1 saturated heterocycles. The molecule has 6 heteroatoms. The Kier molecular flexibility index (Phi) is 4.56. The summed E-state index contributed by atoms with van der Waals surface area (Å²) in [5, 5.41) is 4.28. The fraction of sp³-hybridized carbons (Fsp3) is 0.522. The minimum Gasteiger partial charge on any atom is -0.444 e. The zero-order valence-electron chi connectivity index (χ0n) is 17.7. The fourth-order valence-corrected chi connectivity index (χ4v) is 4.49. The quantitative estimate of drug-likeness (QED) is 0.860. The van der Waals surface area contributed by atoms with Crippen LogP contribution in [0.1, 0.15) is 40.2 Å². The number of carbonyl (C=O) groups excluding carboxylic acids is 2. The van der Waals surface area contributed by atoms with Crippen LogP contribution in [-0.4, -0.2) is 40.6 Å². The van der Waals surface area contributed by atoms with Gasteiger partial charge >= 0.3 is 6.09 Å². The van der Waals surface area contributed by atoms with Crippen LogP contribution in [0.2, 0.25) is 0 Å². The van der Waals surface area contributed by atoms with Gasteiger partial charge in [0, 0.05) is 30.6 Å². The molecule has 1 saturated carbocycles. The second-order valence-corrected chi connectivity index (χ2v) is 9.73. The van der Waals surface area contributed by atoms with Gasteiger partial charge in [-0.3, -0.25) is 9.78 Å². The van der Waals surface area contributed by atoms with Gasteiger partial charge in [0.15, 0.2) is 0 Å². The van der Waals surface area contributed by atoms with E-state index in [9.17, 15) is 9.59 Å². The number of para-hydroxylation sites is 1. The molecule has 2 amide bonds. The molecule has 2 aromatic rings. The lowest BCUT2D eigenvalue weighted by molar-refractivity contribution is -0.125. The first-order valence-electron chi connectivity index (χ1n) is 10.2. The van der Waals surface area contributed by atoms with Gasteiger partial charge in [-0.05, 0) is 64.2 Å². The van der Waals surface area contributed by atoms with E-state index in [1.165, 1.54) is 0 Å². The zero-order chi connectivity index (χ0) is 21.0. The van der Waals surface area contributed by atoms with Crippen LogP contribution >= 0.6 is 0 Å². The van der Waals surface area contributed by atoms with Crippen molar-refractivity contribution in [3.63, 3.8) is 0 Å². The lowest BCUT2D eigenvalue weighted by Gasteiger charge is -2.29.